The van der Waals surface area contributed by atoms with Gasteiger partial charge in [-0.2, -0.15) is 0 Å². The van der Waals surface area contributed by atoms with E-state index in [1.807, 2.05) is 0 Å². The van der Waals surface area contributed by atoms with Gasteiger partial charge in [0, 0.05) is 11.9 Å². The van der Waals surface area contributed by atoms with Crippen LogP contribution in [0.2, 0.25) is 0 Å². The predicted octanol–water partition coefficient (Wildman–Crippen LogP) is 0.263. The molecule has 1 N–H and O–H groups in total. The minimum atomic E-state index is -1.14. The van der Waals surface area contributed by atoms with Crippen molar-refractivity contribution in [1.82, 2.24) is 0 Å². The molecular weight excluding hydrogens is 184 g/mol. The smallest absolute Gasteiger partial charge is 0.309 e. The third-order valence-electron chi connectivity index (χ3n) is 3.98. The van der Waals surface area contributed by atoms with Crippen molar-refractivity contribution in [2.75, 3.05) is 0 Å². The van der Waals surface area contributed by atoms with Gasteiger partial charge >= 0.3 is 5.97 Å². The maximum atomic E-state index is 11.1. The fourth-order valence-electron chi connectivity index (χ4n) is 2.30. The van der Waals surface area contributed by atoms with Crippen LogP contribution in [0.15, 0.2) is 0 Å². The van der Waals surface area contributed by atoms with Crippen molar-refractivity contribution < 1.29 is 19.8 Å². The van der Waals surface area contributed by atoms with Gasteiger partial charge in [0.05, 0.1) is 5.41 Å². The Hall–Kier alpha value is -1.06. The molecule has 0 radical (unpaired) electrons. The predicted molar refractivity (Wildman–Crippen MR) is 47.3 cm³/mol. The van der Waals surface area contributed by atoms with Gasteiger partial charge in [-0.3, -0.25) is 4.79 Å². The highest BCUT2D eigenvalue weighted by Crippen LogP contribution is 2.55. The van der Waals surface area contributed by atoms with Gasteiger partial charge in [0.1, 0.15) is 0 Å². The number of rotatable bonds is 2. The average molecular weight is 199 g/mol. The van der Waals surface area contributed by atoms with E-state index in [2.05, 4.69) is 0 Å². The van der Waals surface area contributed by atoms with Crippen LogP contribution in [0.1, 0.15) is 33.6 Å². The van der Waals surface area contributed by atoms with Crippen LogP contribution in [-0.4, -0.2) is 17.0 Å². The Bertz CT molecular complexity index is 282. The van der Waals surface area contributed by atoms with Gasteiger partial charge in [0.15, 0.2) is 0 Å². The number of hydrogen-bond acceptors (Lipinski definition) is 3. The molecule has 0 heterocycles. The van der Waals surface area contributed by atoms with Crippen LogP contribution in [0.5, 0.6) is 0 Å². The number of carbonyl (C=O) groups is 2. The Morgan fingerprint density at radius 3 is 2.07 bits per heavy atom. The summed E-state index contributed by atoms with van der Waals surface area (Å²) < 4.78 is 0. The zero-order valence-electron chi connectivity index (χ0n) is 8.66. The zero-order chi connectivity index (χ0) is 11.1. The number of carbonyl (C=O) groups excluding carboxylic acids is 1. The standard InChI is InChI=1S/C10H16O4/c1-9(2)6(7(11)12)4-5-10(9,3)8(13)14/h6H,4-5H2,1-3H3,(H,11,12)(H,13,14)/p-1. The number of hydrogen-bond donors (Lipinski definition) is 1. The van der Waals surface area contributed by atoms with Gasteiger partial charge in [-0.1, -0.05) is 13.8 Å². The Kier molecular flexibility index (Phi) is 2.34. The van der Waals surface area contributed by atoms with Crippen LogP contribution < -0.4 is 5.11 Å². The van der Waals surface area contributed by atoms with Gasteiger partial charge in [0.25, 0.3) is 0 Å². The van der Waals surface area contributed by atoms with E-state index in [1.165, 1.54) is 0 Å². The fraction of sp³-hybridized carbons (Fsp3) is 0.800. The van der Waals surface area contributed by atoms with E-state index in [4.69, 9.17) is 5.11 Å². The Morgan fingerprint density at radius 1 is 1.36 bits per heavy atom. The maximum Gasteiger partial charge on any atom is 0.309 e. The molecule has 2 unspecified atom stereocenters. The lowest BCUT2D eigenvalue weighted by Crippen LogP contribution is -2.46. The molecule has 1 rings (SSSR count). The van der Waals surface area contributed by atoms with E-state index in [0.717, 1.165) is 0 Å². The van der Waals surface area contributed by atoms with Crippen LogP contribution in [0.25, 0.3) is 0 Å². The molecule has 4 heteroatoms. The molecule has 1 saturated carbocycles. The minimum absolute atomic E-state index is 0.387. The van der Waals surface area contributed by atoms with Crippen LogP contribution >= 0.6 is 0 Å². The molecule has 0 saturated heterocycles. The second-order valence-electron chi connectivity index (χ2n) is 4.77. The number of carboxylic acid groups (broad SMARTS) is 2. The molecule has 0 aromatic carbocycles. The van der Waals surface area contributed by atoms with E-state index in [-0.39, 0.29) is 0 Å². The van der Waals surface area contributed by atoms with Crippen molar-refractivity contribution in [2.24, 2.45) is 16.7 Å². The van der Waals surface area contributed by atoms with Crippen molar-refractivity contribution in [3.8, 4) is 0 Å². The molecule has 1 aliphatic rings. The Labute approximate surface area is 82.9 Å². The molecule has 80 valence electrons. The summed E-state index contributed by atoms with van der Waals surface area (Å²) >= 11 is 0. The zero-order valence-corrected chi connectivity index (χ0v) is 8.66. The van der Waals surface area contributed by atoms with E-state index in [1.54, 1.807) is 20.8 Å². The van der Waals surface area contributed by atoms with E-state index in [0.29, 0.717) is 12.8 Å². The Morgan fingerprint density at radius 2 is 1.86 bits per heavy atom. The van der Waals surface area contributed by atoms with Crippen LogP contribution in [-0.2, 0) is 9.59 Å². The molecule has 4 nitrogen and oxygen atoms in total. The summed E-state index contributed by atoms with van der Waals surface area (Å²) in [5, 5.41) is 19.9. The molecule has 0 spiro atoms. The van der Waals surface area contributed by atoms with Gasteiger partial charge in [-0.25, -0.2) is 0 Å². The molecule has 0 aromatic rings. The van der Waals surface area contributed by atoms with Gasteiger partial charge < -0.3 is 15.0 Å². The van der Waals surface area contributed by atoms with Gasteiger partial charge in [-0.15, -0.1) is 0 Å². The first-order valence-electron chi connectivity index (χ1n) is 4.68. The maximum absolute atomic E-state index is 11.1. The third kappa shape index (κ3) is 1.21. The van der Waals surface area contributed by atoms with Crippen molar-refractivity contribution in [3.63, 3.8) is 0 Å². The molecule has 0 amide bonds. The first-order valence-corrected chi connectivity index (χ1v) is 4.68. The number of aliphatic carboxylic acids is 2. The number of carboxylic acids is 2. The molecule has 0 aromatic heterocycles. The monoisotopic (exact) mass is 199 g/mol. The van der Waals surface area contributed by atoms with Gasteiger partial charge in [0.2, 0.25) is 0 Å². The average Bonchev–Trinajstić information content (AvgIpc) is 2.24. The van der Waals surface area contributed by atoms with Gasteiger partial charge in [-0.05, 0) is 25.2 Å². The normalized spacial score (nSPS) is 35.5. The van der Waals surface area contributed by atoms with Crippen molar-refractivity contribution >= 4 is 11.9 Å². The van der Waals surface area contributed by atoms with E-state index >= 15 is 0 Å². The Balaban J connectivity index is 3.08. The molecule has 14 heavy (non-hydrogen) atoms. The van der Waals surface area contributed by atoms with Crippen molar-refractivity contribution in [3.05, 3.63) is 0 Å². The second kappa shape index (κ2) is 2.97. The van der Waals surface area contributed by atoms with E-state index in [9.17, 15) is 14.7 Å². The lowest BCUT2D eigenvalue weighted by Gasteiger charge is -2.38. The molecule has 0 bridgehead atoms. The molecule has 0 aliphatic heterocycles. The van der Waals surface area contributed by atoms with Crippen molar-refractivity contribution in [1.29, 1.82) is 0 Å². The summed E-state index contributed by atoms with van der Waals surface area (Å²) in [6, 6.07) is 0. The van der Waals surface area contributed by atoms with Crippen LogP contribution in [0.4, 0.5) is 0 Å². The SMILES string of the molecule is CC1(C(=O)O)CCC(C(=O)[O-])C1(C)C. The lowest BCUT2D eigenvalue weighted by molar-refractivity contribution is -0.315. The molecule has 1 fully saturated rings. The quantitative estimate of drug-likeness (QED) is 0.692. The fourth-order valence-corrected chi connectivity index (χ4v) is 2.30. The summed E-state index contributed by atoms with van der Waals surface area (Å²) in [5.41, 5.74) is -1.71. The van der Waals surface area contributed by atoms with E-state index < -0.39 is 28.7 Å². The summed E-state index contributed by atoms with van der Waals surface area (Å²) in [5.74, 6) is -2.73. The highest BCUT2D eigenvalue weighted by atomic mass is 16.4. The van der Waals surface area contributed by atoms with Crippen molar-refractivity contribution in [2.45, 2.75) is 33.6 Å². The molecule has 1 aliphatic carbocycles. The summed E-state index contributed by atoms with van der Waals surface area (Å²) in [7, 11) is 0. The molecular formula is C10H15O4-. The second-order valence-corrected chi connectivity index (χ2v) is 4.77. The largest absolute Gasteiger partial charge is 0.550 e. The summed E-state index contributed by atoms with van der Waals surface area (Å²) in [4.78, 5) is 21.9. The summed E-state index contributed by atoms with van der Waals surface area (Å²) in [6.45, 7) is 4.99. The topological polar surface area (TPSA) is 77.4 Å². The minimum Gasteiger partial charge on any atom is -0.550 e. The first kappa shape index (κ1) is 11.0. The van der Waals surface area contributed by atoms with Crippen LogP contribution in [0.3, 0.4) is 0 Å². The highest BCUT2D eigenvalue weighted by molar-refractivity contribution is 5.79. The molecule has 2 atom stereocenters. The third-order valence-corrected chi connectivity index (χ3v) is 3.98. The highest BCUT2D eigenvalue weighted by Gasteiger charge is 2.56. The first-order chi connectivity index (χ1) is 6.23. The lowest BCUT2D eigenvalue weighted by atomic mass is 9.66. The summed E-state index contributed by atoms with van der Waals surface area (Å²) in [6.07, 6.45) is 0.784. The van der Waals surface area contributed by atoms with Crippen LogP contribution in [0, 0.1) is 16.7 Å².